The number of aliphatic hydroxyl groups excluding tert-OH is 1. The molecule has 0 saturated carbocycles. The van der Waals surface area contributed by atoms with Crippen LogP contribution in [-0.2, 0) is 6.54 Å². The van der Waals surface area contributed by atoms with E-state index in [2.05, 4.69) is 5.32 Å². The van der Waals surface area contributed by atoms with E-state index in [4.69, 9.17) is 5.11 Å². The monoisotopic (exact) mass is 217 g/mol. The molecule has 1 aromatic rings. The largest absolute Gasteiger partial charge is 0.508 e. The van der Waals surface area contributed by atoms with Gasteiger partial charge in [-0.3, -0.25) is 0 Å². The summed E-state index contributed by atoms with van der Waals surface area (Å²) in [5.41, 5.74) is 0.547. The number of halogens is 2. The van der Waals surface area contributed by atoms with Gasteiger partial charge in [0.1, 0.15) is 12.4 Å². The molecule has 15 heavy (non-hydrogen) atoms. The van der Waals surface area contributed by atoms with E-state index in [0.29, 0.717) is 5.56 Å². The Morgan fingerprint density at radius 2 is 1.93 bits per heavy atom. The highest BCUT2D eigenvalue weighted by Crippen LogP contribution is 2.16. The Morgan fingerprint density at radius 3 is 2.53 bits per heavy atom. The normalized spacial score (nSPS) is 11.7. The van der Waals surface area contributed by atoms with E-state index in [1.54, 1.807) is 18.2 Å². The van der Waals surface area contributed by atoms with Crippen molar-refractivity contribution in [3.8, 4) is 5.75 Å². The lowest BCUT2D eigenvalue weighted by molar-refractivity contribution is -0.0478. The minimum Gasteiger partial charge on any atom is -0.508 e. The Labute approximate surface area is 86.4 Å². The fraction of sp³-hybridized carbons (Fsp3) is 0.400. The summed E-state index contributed by atoms with van der Waals surface area (Å²) in [5.74, 6) is -3.05. The zero-order valence-electron chi connectivity index (χ0n) is 8.08. The predicted octanol–water partition coefficient (Wildman–Crippen LogP) is 1.11. The molecular weight excluding hydrogens is 204 g/mol. The van der Waals surface area contributed by atoms with Gasteiger partial charge < -0.3 is 15.5 Å². The summed E-state index contributed by atoms with van der Waals surface area (Å²) in [5, 5.41) is 20.1. The van der Waals surface area contributed by atoms with Crippen LogP contribution in [0.3, 0.4) is 0 Å². The maximum atomic E-state index is 12.6. The fourth-order valence-electron chi connectivity index (χ4n) is 1.10. The molecule has 0 aliphatic carbocycles. The first-order valence-corrected chi connectivity index (χ1v) is 4.51. The molecule has 5 heteroatoms. The van der Waals surface area contributed by atoms with Crippen molar-refractivity contribution in [3.63, 3.8) is 0 Å². The number of aromatic hydroxyl groups is 1. The summed E-state index contributed by atoms with van der Waals surface area (Å²) in [4.78, 5) is 0. The summed E-state index contributed by atoms with van der Waals surface area (Å²) < 4.78 is 25.2. The van der Waals surface area contributed by atoms with E-state index in [0.717, 1.165) is 0 Å². The predicted molar refractivity (Wildman–Crippen MR) is 51.8 cm³/mol. The Hall–Kier alpha value is -1.20. The second kappa shape index (κ2) is 5.04. The van der Waals surface area contributed by atoms with Crippen molar-refractivity contribution in [2.75, 3.05) is 13.2 Å². The van der Waals surface area contributed by atoms with Gasteiger partial charge in [0.25, 0.3) is 5.92 Å². The van der Waals surface area contributed by atoms with E-state index >= 15 is 0 Å². The molecule has 1 rings (SSSR count). The van der Waals surface area contributed by atoms with Crippen molar-refractivity contribution in [1.29, 1.82) is 0 Å². The standard InChI is InChI=1S/C10H13F2NO2/c11-10(12,7-14)6-13-5-8-3-1-2-4-9(8)15/h1-4,13-15H,5-7H2. The third-order valence-electron chi connectivity index (χ3n) is 1.92. The lowest BCUT2D eigenvalue weighted by Gasteiger charge is -2.14. The Kier molecular flexibility index (Phi) is 3.99. The van der Waals surface area contributed by atoms with Gasteiger partial charge in [-0.2, -0.15) is 0 Å². The summed E-state index contributed by atoms with van der Waals surface area (Å²) in [6.07, 6.45) is 0. The number of hydrogen-bond acceptors (Lipinski definition) is 3. The molecule has 0 aliphatic heterocycles. The van der Waals surface area contributed by atoms with Gasteiger partial charge in [-0.1, -0.05) is 18.2 Å². The summed E-state index contributed by atoms with van der Waals surface area (Å²) in [7, 11) is 0. The average molecular weight is 217 g/mol. The third kappa shape index (κ3) is 3.81. The lowest BCUT2D eigenvalue weighted by atomic mass is 10.2. The van der Waals surface area contributed by atoms with Gasteiger partial charge in [-0.25, -0.2) is 8.78 Å². The van der Waals surface area contributed by atoms with Gasteiger partial charge in [0, 0.05) is 12.1 Å². The number of aliphatic hydroxyl groups is 1. The molecule has 0 bridgehead atoms. The molecule has 0 heterocycles. The highest BCUT2D eigenvalue weighted by molar-refractivity contribution is 5.31. The molecule has 0 atom stereocenters. The van der Waals surface area contributed by atoms with E-state index in [-0.39, 0.29) is 12.3 Å². The van der Waals surface area contributed by atoms with Crippen LogP contribution >= 0.6 is 0 Å². The average Bonchev–Trinajstić information content (AvgIpc) is 2.21. The van der Waals surface area contributed by atoms with Crippen molar-refractivity contribution in [1.82, 2.24) is 5.32 Å². The molecule has 84 valence electrons. The van der Waals surface area contributed by atoms with Gasteiger partial charge in [0.15, 0.2) is 0 Å². The number of phenolic OH excluding ortho intramolecular Hbond substituents is 1. The van der Waals surface area contributed by atoms with E-state index in [1.807, 2.05) is 0 Å². The van der Waals surface area contributed by atoms with Crippen LogP contribution in [0.4, 0.5) is 8.78 Å². The van der Waals surface area contributed by atoms with Crippen LogP contribution in [0.2, 0.25) is 0 Å². The van der Waals surface area contributed by atoms with E-state index in [9.17, 15) is 13.9 Å². The molecule has 0 amide bonds. The molecule has 3 nitrogen and oxygen atoms in total. The number of phenols is 1. The van der Waals surface area contributed by atoms with Crippen molar-refractivity contribution < 1.29 is 19.0 Å². The lowest BCUT2D eigenvalue weighted by Crippen LogP contribution is -2.35. The number of nitrogens with one attached hydrogen (secondary N) is 1. The van der Waals surface area contributed by atoms with Crippen LogP contribution in [0.25, 0.3) is 0 Å². The Balaban J connectivity index is 2.42. The summed E-state index contributed by atoms with van der Waals surface area (Å²) in [6, 6.07) is 6.49. The first kappa shape index (κ1) is 11.9. The van der Waals surface area contributed by atoms with Crippen molar-refractivity contribution in [2.24, 2.45) is 0 Å². The van der Waals surface area contributed by atoms with Crippen molar-refractivity contribution in [2.45, 2.75) is 12.5 Å². The minimum absolute atomic E-state index is 0.0670. The molecule has 1 aromatic carbocycles. The SMILES string of the molecule is OCC(F)(F)CNCc1ccccc1O. The fourth-order valence-corrected chi connectivity index (χ4v) is 1.10. The zero-order valence-corrected chi connectivity index (χ0v) is 8.08. The maximum absolute atomic E-state index is 12.6. The summed E-state index contributed by atoms with van der Waals surface area (Å²) >= 11 is 0. The number of para-hydroxylation sites is 1. The first-order chi connectivity index (χ1) is 7.05. The van der Waals surface area contributed by atoms with Gasteiger partial charge >= 0.3 is 0 Å². The van der Waals surface area contributed by atoms with Crippen LogP contribution in [-0.4, -0.2) is 29.3 Å². The molecule has 3 N–H and O–H groups in total. The first-order valence-electron chi connectivity index (χ1n) is 4.51. The molecule has 0 fully saturated rings. The molecule has 0 spiro atoms. The smallest absolute Gasteiger partial charge is 0.282 e. The highest BCUT2D eigenvalue weighted by Gasteiger charge is 2.26. The maximum Gasteiger partial charge on any atom is 0.282 e. The highest BCUT2D eigenvalue weighted by atomic mass is 19.3. The van der Waals surface area contributed by atoms with Crippen LogP contribution in [0.15, 0.2) is 24.3 Å². The van der Waals surface area contributed by atoms with Crippen LogP contribution in [0.1, 0.15) is 5.56 Å². The Morgan fingerprint density at radius 1 is 1.27 bits per heavy atom. The molecule has 0 radical (unpaired) electrons. The van der Waals surface area contributed by atoms with Gasteiger partial charge in [0.2, 0.25) is 0 Å². The number of hydrogen-bond donors (Lipinski definition) is 3. The topological polar surface area (TPSA) is 52.5 Å². The molecular formula is C10H13F2NO2. The van der Waals surface area contributed by atoms with Gasteiger partial charge in [-0.05, 0) is 6.07 Å². The van der Waals surface area contributed by atoms with Crippen LogP contribution in [0.5, 0.6) is 5.75 Å². The minimum atomic E-state index is -3.12. The van der Waals surface area contributed by atoms with Crippen molar-refractivity contribution >= 4 is 0 Å². The molecule has 0 saturated heterocycles. The zero-order chi connectivity index (χ0) is 11.3. The quantitative estimate of drug-likeness (QED) is 0.692. The second-order valence-electron chi connectivity index (χ2n) is 3.25. The summed E-state index contributed by atoms with van der Waals surface area (Å²) in [6.45, 7) is -1.65. The van der Waals surface area contributed by atoms with Crippen LogP contribution < -0.4 is 5.32 Å². The number of alkyl halides is 2. The van der Waals surface area contributed by atoms with E-state index in [1.165, 1.54) is 6.07 Å². The second-order valence-corrected chi connectivity index (χ2v) is 3.25. The molecule has 0 aromatic heterocycles. The van der Waals surface area contributed by atoms with Gasteiger partial charge in [0.05, 0.1) is 6.54 Å². The number of benzene rings is 1. The van der Waals surface area contributed by atoms with Gasteiger partial charge in [-0.15, -0.1) is 0 Å². The molecule has 0 aliphatic rings. The van der Waals surface area contributed by atoms with E-state index < -0.39 is 19.1 Å². The third-order valence-corrected chi connectivity index (χ3v) is 1.92. The Bertz CT molecular complexity index is 318. The van der Waals surface area contributed by atoms with Crippen LogP contribution in [0, 0.1) is 0 Å². The number of rotatable bonds is 5. The van der Waals surface area contributed by atoms with Crippen molar-refractivity contribution in [3.05, 3.63) is 29.8 Å². The molecule has 0 unspecified atom stereocenters.